The van der Waals surface area contributed by atoms with E-state index in [9.17, 15) is 14.0 Å². The molecule has 18 heavy (non-hydrogen) atoms. The summed E-state index contributed by atoms with van der Waals surface area (Å²) in [6.45, 7) is 1.36. The molecule has 2 atom stereocenters. The minimum absolute atomic E-state index is 0.158. The third kappa shape index (κ3) is 4.10. The summed E-state index contributed by atoms with van der Waals surface area (Å²) in [6.07, 6.45) is 0.158. The molecule has 1 aromatic carbocycles. The molecule has 0 fully saturated rings. The van der Waals surface area contributed by atoms with E-state index in [1.807, 2.05) is 0 Å². The molecule has 1 aromatic rings. The van der Waals surface area contributed by atoms with Gasteiger partial charge < -0.3 is 10.4 Å². The van der Waals surface area contributed by atoms with Gasteiger partial charge in [-0.1, -0.05) is 34.1 Å². The minimum Gasteiger partial charge on any atom is -0.480 e. The fourth-order valence-electron chi connectivity index (χ4n) is 1.32. The lowest BCUT2D eigenvalue weighted by molar-refractivity contribution is -0.141. The molecule has 0 heterocycles. The fourth-order valence-corrected chi connectivity index (χ4v) is 1.80. The topological polar surface area (TPSA) is 66.4 Å². The van der Waals surface area contributed by atoms with Crippen LogP contribution in [-0.4, -0.2) is 27.9 Å². The van der Waals surface area contributed by atoms with Gasteiger partial charge in [-0.05, 0) is 25.0 Å². The molecule has 0 spiro atoms. The second-order valence-corrected chi connectivity index (χ2v) is 4.94. The number of halogens is 2. The van der Waals surface area contributed by atoms with Gasteiger partial charge in [-0.25, -0.2) is 4.39 Å². The summed E-state index contributed by atoms with van der Waals surface area (Å²) < 4.78 is 13.4. The number of carboxylic acids is 1. The predicted octanol–water partition coefficient (Wildman–Crippen LogP) is 1.72. The normalized spacial score (nSPS) is 13.7. The van der Waals surface area contributed by atoms with Gasteiger partial charge in [0.15, 0.2) is 0 Å². The van der Waals surface area contributed by atoms with E-state index in [2.05, 4.69) is 21.2 Å². The van der Waals surface area contributed by atoms with E-state index >= 15 is 0 Å². The molecule has 2 N–H and O–H groups in total. The molecular formula is C12H13BrFNO3. The van der Waals surface area contributed by atoms with Crippen LogP contribution in [0.25, 0.3) is 0 Å². The van der Waals surface area contributed by atoms with Gasteiger partial charge in [0, 0.05) is 0 Å². The average Bonchev–Trinajstić information content (AvgIpc) is 2.31. The van der Waals surface area contributed by atoms with E-state index in [-0.39, 0.29) is 12.2 Å². The quantitative estimate of drug-likeness (QED) is 0.813. The molecule has 2 unspecified atom stereocenters. The molecule has 1 rings (SSSR count). The van der Waals surface area contributed by atoms with Crippen molar-refractivity contribution in [3.05, 3.63) is 35.6 Å². The lowest BCUT2D eigenvalue weighted by Gasteiger charge is -2.13. The number of carbonyl (C=O) groups excluding carboxylic acids is 1. The van der Waals surface area contributed by atoms with Gasteiger partial charge in [-0.15, -0.1) is 0 Å². The molecule has 1 amide bonds. The Balaban J connectivity index is 2.60. The van der Waals surface area contributed by atoms with E-state index in [4.69, 9.17) is 5.11 Å². The molecule has 0 aliphatic carbocycles. The van der Waals surface area contributed by atoms with Crippen LogP contribution in [0, 0.1) is 5.82 Å². The number of rotatable bonds is 5. The largest absolute Gasteiger partial charge is 0.480 e. The maximum Gasteiger partial charge on any atom is 0.325 e. The molecule has 4 nitrogen and oxygen atoms in total. The molecule has 0 radical (unpaired) electrons. The maximum absolute atomic E-state index is 13.4. The average molecular weight is 318 g/mol. The monoisotopic (exact) mass is 317 g/mol. The highest BCUT2D eigenvalue weighted by molar-refractivity contribution is 9.10. The van der Waals surface area contributed by atoms with Gasteiger partial charge in [-0.2, -0.15) is 0 Å². The van der Waals surface area contributed by atoms with Crippen molar-refractivity contribution in [3.8, 4) is 0 Å². The molecule has 0 aromatic heterocycles. The van der Waals surface area contributed by atoms with Gasteiger partial charge in [-0.3, -0.25) is 9.59 Å². The molecule has 0 bridgehead atoms. The van der Waals surface area contributed by atoms with Crippen LogP contribution in [0.1, 0.15) is 12.5 Å². The van der Waals surface area contributed by atoms with Crippen molar-refractivity contribution >= 4 is 27.8 Å². The smallest absolute Gasteiger partial charge is 0.325 e. The highest BCUT2D eigenvalue weighted by Gasteiger charge is 2.21. The first-order valence-corrected chi connectivity index (χ1v) is 6.24. The second kappa shape index (κ2) is 6.49. The summed E-state index contributed by atoms with van der Waals surface area (Å²) in [5, 5.41) is 11.0. The van der Waals surface area contributed by atoms with E-state index in [1.165, 1.54) is 13.0 Å². The molecule has 0 saturated heterocycles. The van der Waals surface area contributed by atoms with Crippen LogP contribution in [0.3, 0.4) is 0 Å². The summed E-state index contributed by atoms with van der Waals surface area (Å²) >= 11 is 3.12. The lowest BCUT2D eigenvalue weighted by Crippen LogP contribution is -2.42. The Kier molecular flexibility index (Phi) is 5.27. The van der Waals surface area contributed by atoms with E-state index < -0.39 is 22.7 Å². The number of benzene rings is 1. The lowest BCUT2D eigenvalue weighted by atomic mass is 10.1. The van der Waals surface area contributed by atoms with Crippen molar-refractivity contribution in [1.29, 1.82) is 0 Å². The maximum atomic E-state index is 13.4. The van der Waals surface area contributed by atoms with Gasteiger partial charge in [0.2, 0.25) is 5.91 Å². The predicted molar refractivity (Wildman–Crippen MR) is 68.1 cm³/mol. The summed E-state index contributed by atoms with van der Waals surface area (Å²) in [5.41, 5.74) is 0.400. The Bertz CT molecular complexity index is 453. The zero-order valence-electron chi connectivity index (χ0n) is 9.69. The number of carbonyl (C=O) groups is 2. The number of alkyl halides is 1. The van der Waals surface area contributed by atoms with Crippen LogP contribution in [-0.2, 0) is 16.0 Å². The standard InChI is InChI=1S/C12H13BrFNO3/c1-7(12(17)18)15-11(16)9(13)6-8-4-2-3-5-10(8)14/h2-5,7,9H,6H2,1H3,(H,15,16)(H,17,18). The van der Waals surface area contributed by atoms with Gasteiger partial charge in [0.1, 0.15) is 11.9 Å². The molecule has 98 valence electrons. The number of carboxylic acid groups (broad SMARTS) is 1. The highest BCUT2D eigenvalue weighted by Crippen LogP contribution is 2.13. The minimum atomic E-state index is -1.12. The van der Waals surface area contributed by atoms with Crippen molar-refractivity contribution in [2.24, 2.45) is 0 Å². The SMILES string of the molecule is CC(NC(=O)C(Br)Cc1ccccc1F)C(=O)O. The van der Waals surface area contributed by atoms with Crippen LogP contribution in [0.15, 0.2) is 24.3 Å². The van der Waals surface area contributed by atoms with Crippen LogP contribution >= 0.6 is 15.9 Å². The first kappa shape index (κ1) is 14.6. The second-order valence-electron chi connectivity index (χ2n) is 3.83. The Morgan fingerprint density at radius 1 is 1.44 bits per heavy atom. The molecule has 0 saturated carbocycles. The summed E-state index contributed by atoms with van der Waals surface area (Å²) in [6, 6.07) is 5.16. The van der Waals surface area contributed by atoms with Crippen LogP contribution in [0.2, 0.25) is 0 Å². The van der Waals surface area contributed by atoms with E-state index in [1.54, 1.807) is 18.2 Å². The van der Waals surface area contributed by atoms with E-state index in [0.717, 1.165) is 0 Å². The van der Waals surface area contributed by atoms with Crippen molar-refractivity contribution in [2.45, 2.75) is 24.2 Å². The Morgan fingerprint density at radius 3 is 2.61 bits per heavy atom. The zero-order valence-corrected chi connectivity index (χ0v) is 11.3. The first-order valence-electron chi connectivity index (χ1n) is 5.32. The molecule has 0 aliphatic heterocycles. The molecule has 0 aliphatic rings. The summed E-state index contributed by atoms with van der Waals surface area (Å²) in [5.74, 6) is -1.98. The first-order chi connectivity index (χ1) is 8.41. The van der Waals surface area contributed by atoms with Crippen LogP contribution < -0.4 is 5.32 Å². The number of hydrogen-bond acceptors (Lipinski definition) is 2. The van der Waals surface area contributed by atoms with Crippen molar-refractivity contribution in [3.63, 3.8) is 0 Å². The Labute approximate surface area is 112 Å². The van der Waals surface area contributed by atoms with Crippen molar-refractivity contribution < 1.29 is 19.1 Å². The van der Waals surface area contributed by atoms with E-state index in [0.29, 0.717) is 5.56 Å². The highest BCUT2D eigenvalue weighted by atomic mass is 79.9. The third-order valence-electron chi connectivity index (χ3n) is 2.37. The Hall–Kier alpha value is -1.43. The van der Waals surface area contributed by atoms with Crippen LogP contribution in [0.4, 0.5) is 4.39 Å². The van der Waals surface area contributed by atoms with Gasteiger partial charge in [0.25, 0.3) is 0 Å². The number of nitrogens with one attached hydrogen (secondary N) is 1. The fraction of sp³-hybridized carbons (Fsp3) is 0.333. The summed E-state index contributed by atoms with van der Waals surface area (Å²) in [7, 11) is 0. The van der Waals surface area contributed by atoms with Gasteiger partial charge >= 0.3 is 5.97 Å². The van der Waals surface area contributed by atoms with Crippen molar-refractivity contribution in [2.75, 3.05) is 0 Å². The van der Waals surface area contributed by atoms with Crippen molar-refractivity contribution in [1.82, 2.24) is 5.32 Å². The summed E-state index contributed by atoms with van der Waals surface area (Å²) in [4.78, 5) is 21.5. The Morgan fingerprint density at radius 2 is 2.06 bits per heavy atom. The number of aliphatic carboxylic acids is 1. The molecule has 6 heteroatoms. The van der Waals surface area contributed by atoms with Crippen LogP contribution in [0.5, 0.6) is 0 Å². The van der Waals surface area contributed by atoms with Gasteiger partial charge in [0.05, 0.1) is 4.83 Å². The number of hydrogen-bond donors (Lipinski definition) is 2. The third-order valence-corrected chi connectivity index (χ3v) is 3.11. The zero-order chi connectivity index (χ0) is 13.7. The number of amides is 1. The molecular weight excluding hydrogens is 305 g/mol.